The van der Waals surface area contributed by atoms with Gasteiger partial charge in [-0.15, -0.1) is 0 Å². The summed E-state index contributed by atoms with van der Waals surface area (Å²) in [6.07, 6.45) is -0.544. The molecule has 25 heavy (non-hydrogen) atoms. The molecule has 9 heteroatoms. The molecule has 0 aliphatic heterocycles. The molecule has 1 unspecified atom stereocenters. The van der Waals surface area contributed by atoms with E-state index in [0.29, 0.717) is 27.2 Å². The number of hydrogen-bond donors (Lipinski definition) is 0. The van der Waals surface area contributed by atoms with E-state index in [0.717, 1.165) is 0 Å². The fraction of sp³-hybridized carbons (Fsp3) is 0.125. The molecule has 0 amide bonds. The van der Waals surface area contributed by atoms with E-state index >= 15 is 0 Å². The van der Waals surface area contributed by atoms with Gasteiger partial charge in [0.25, 0.3) is 11.6 Å². The van der Waals surface area contributed by atoms with Crippen molar-refractivity contribution < 1.29 is 14.2 Å². The zero-order valence-corrected chi connectivity index (χ0v) is 14.4. The molecule has 2 aromatic carbocycles. The molecule has 0 saturated carbocycles. The Bertz CT molecular complexity index is 912. The van der Waals surface area contributed by atoms with Gasteiger partial charge < -0.3 is 9.26 Å². The minimum Gasteiger partial charge on any atom is -0.479 e. The second-order valence-corrected chi connectivity index (χ2v) is 5.94. The number of non-ortho nitro benzene ring substituents is 1. The van der Waals surface area contributed by atoms with Crippen LogP contribution in [0, 0.1) is 10.1 Å². The SMILES string of the molecule is CC(Oc1ccc(Cl)cc1Cl)c1nc(-c2ccc([N+](=O)[O-])cc2)no1. The largest absolute Gasteiger partial charge is 0.479 e. The third kappa shape index (κ3) is 3.89. The van der Waals surface area contributed by atoms with E-state index in [1.54, 1.807) is 37.3 Å². The predicted octanol–water partition coefficient (Wildman–Crippen LogP) is 5.09. The molecule has 0 fully saturated rings. The summed E-state index contributed by atoms with van der Waals surface area (Å²) >= 11 is 11.9. The van der Waals surface area contributed by atoms with Gasteiger partial charge in [0.15, 0.2) is 6.10 Å². The molecule has 1 heterocycles. The summed E-state index contributed by atoms with van der Waals surface area (Å²) in [5.41, 5.74) is 0.582. The van der Waals surface area contributed by atoms with Crippen molar-refractivity contribution in [1.29, 1.82) is 0 Å². The zero-order chi connectivity index (χ0) is 18.0. The van der Waals surface area contributed by atoms with Gasteiger partial charge in [0, 0.05) is 22.7 Å². The van der Waals surface area contributed by atoms with Crippen LogP contribution in [-0.4, -0.2) is 15.1 Å². The number of rotatable bonds is 5. The normalized spacial score (nSPS) is 12.0. The molecule has 0 spiro atoms. The number of aromatic nitrogens is 2. The molecule has 0 saturated heterocycles. The minimum atomic E-state index is -0.544. The first-order valence-electron chi connectivity index (χ1n) is 7.14. The second kappa shape index (κ2) is 7.08. The number of ether oxygens (including phenoxy) is 1. The number of nitro benzene ring substituents is 1. The van der Waals surface area contributed by atoms with Crippen LogP contribution in [0.5, 0.6) is 5.75 Å². The van der Waals surface area contributed by atoms with E-state index in [1.807, 2.05) is 0 Å². The van der Waals surface area contributed by atoms with Crippen molar-refractivity contribution in [3.05, 3.63) is 68.5 Å². The van der Waals surface area contributed by atoms with Crippen molar-refractivity contribution >= 4 is 28.9 Å². The van der Waals surface area contributed by atoms with Crippen molar-refractivity contribution in [2.45, 2.75) is 13.0 Å². The van der Waals surface area contributed by atoms with Gasteiger partial charge in [-0.25, -0.2) is 0 Å². The number of hydrogen-bond acceptors (Lipinski definition) is 6. The van der Waals surface area contributed by atoms with Gasteiger partial charge in [0.2, 0.25) is 5.82 Å². The van der Waals surface area contributed by atoms with Crippen LogP contribution in [0.3, 0.4) is 0 Å². The van der Waals surface area contributed by atoms with Gasteiger partial charge in [-0.05, 0) is 37.3 Å². The maximum Gasteiger partial charge on any atom is 0.269 e. The Hall–Kier alpha value is -2.64. The quantitative estimate of drug-likeness (QED) is 0.452. The molecule has 0 aliphatic rings. The molecule has 1 aromatic heterocycles. The lowest BCUT2D eigenvalue weighted by Crippen LogP contribution is -2.03. The second-order valence-electron chi connectivity index (χ2n) is 5.10. The molecule has 0 bridgehead atoms. The third-order valence-electron chi connectivity index (χ3n) is 3.32. The van der Waals surface area contributed by atoms with E-state index in [1.165, 1.54) is 12.1 Å². The topological polar surface area (TPSA) is 91.3 Å². The summed E-state index contributed by atoms with van der Waals surface area (Å²) in [5.74, 6) is 0.996. The fourth-order valence-corrected chi connectivity index (χ4v) is 2.51. The van der Waals surface area contributed by atoms with E-state index in [9.17, 15) is 10.1 Å². The van der Waals surface area contributed by atoms with Crippen molar-refractivity contribution in [2.24, 2.45) is 0 Å². The summed E-state index contributed by atoms with van der Waals surface area (Å²) in [7, 11) is 0. The fourth-order valence-electron chi connectivity index (χ4n) is 2.06. The van der Waals surface area contributed by atoms with Gasteiger partial charge in [-0.3, -0.25) is 10.1 Å². The van der Waals surface area contributed by atoms with Crippen LogP contribution in [-0.2, 0) is 0 Å². The maximum atomic E-state index is 10.7. The third-order valence-corrected chi connectivity index (χ3v) is 3.85. The first-order chi connectivity index (χ1) is 11.9. The first-order valence-corrected chi connectivity index (χ1v) is 7.90. The summed E-state index contributed by atoms with van der Waals surface area (Å²) in [6.45, 7) is 1.73. The van der Waals surface area contributed by atoms with Crippen molar-refractivity contribution in [1.82, 2.24) is 10.1 Å². The summed E-state index contributed by atoms with van der Waals surface area (Å²) < 4.78 is 10.9. The van der Waals surface area contributed by atoms with Crippen molar-refractivity contribution in [3.8, 4) is 17.1 Å². The van der Waals surface area contributed by atoms with Gasteiger partial charge in [-0.1, -0.05) is 28.4 Å². The smallest absolute Gasteiger partial charge is 0.269 e. The molecule has 1 atom stereocenters. The number of benzene rings is 2. The molecular formula is C16H11Cl2N3O4. The van der Waals surface area contributed by atoms with Gasteiger partial charge in [-0.2, -0.15) is 4.98 Å². The predicted molar refractivity (Wildman–Crippen MR) is 91.9 cm³/mol. The van der Waals surface area contributed by atoms with E-state index in [2.05, 4.69) is 10.1 Å². The highest BCUT2D eigenvalue weighted by atomic mass is 35.5. The standard InChI is InChI=1S/C16H11Cl2N3O4/c1-9(24-14-7-4-11(17)8-13(14)18)16-19-15(20-25-16)10-2-5-12(6-3-10)21(22)23/h2-9H,1H3. The number of nitro groups is 1. The Morgan fingerprint density at radius 1 is 1.20 bits per heavy atom. The molecular weight excluding hydrogens is 369 g/mol. The highest BCUT2D eigenvalue weighted by Gasteiger charge is 2.18. The van der Waals surface area contributed by atoms with Crippen molar-refractivity contribution in [2.75, 3.05) is 0 Å². The molecule has 3 rings (SSSR count). The Labute approximate surface area is 152 Å². The Kier molecular flexibility index (Phi) is 4.87. The van der Waals surface area contributed by atoms with E-state index < -0.39 is 11.0 Å². The van der Waals surface area contributed by atoms with Crippen LogP contribution in [0.15, 0.2) is 47.0 Å². The number of halogens is 2. The Morgan fingerprint density at radius 2 is 1.92 bits per heavy atom. The van der Waals surface area contributed by atoms with Gasteiger partial charge >= 0.3 is 0 Å². The molecule has 3 aromatic rings. The Morgan fingerprint density at radius 3 is 2.56 bits per heavy atom. The molecule has 7 nitrogen and oxygen atoms in total. The number of nitrogens with zero attached hydrogens (tertiary/aromatic N) is 3. The lowest BCUT2D eigenvalue weighted by atomic mass is 10.2. The highest BCUT2D eigenvalue weighted by Crippen LogP contribution is 2.31. The average molecular weight is 380 g/mol. The van der Waals surface area contributed by atoms with Crippen LogP contribution in [0.4, 0.5) is 5.69 Å². The lowest BCUT2D eigenvalue weighted by Gasteiger charge is -2.12. The van der Waals surface area contributed by atoms with Crippen LogP contribution in [0.2, 0.25) is 10.0 Å². The molecule has 0 aliphatic carbocycles. The molecule has 0 radical (unpaired) electrons. The summed E-state index contributed by atoms with van der Waals surface area (Å²) in [6, 6.07) is 10.7. The van der Waals surface area contributed by atoms with Crippen LogP contribution >= 0.6 is 23.2 Å². The average Bonchev–Trinajstić information content (AvgIpc) is 3.07. The van der Waals surface area contributed by atoms with E-state index in [-0.39, 0.29) is 11.6 Å². The van der Waals surface area contributed by atoms with Gasteiger partial charge in [0.1, 0.15) is 5.75 Å². The zero-order valence-electron chi connectivity index (χ0n) is 12.8. The molecule has 0 N–H and O–H groups in total. The van der Waals surface area contributed by atoms with E-state index in [4.69, 9.17) is 32.5 Å². The van der Waals surface area contributed by atoms with Crippen LogP contribution in [0.25, 0.3) is 11.4 Å². The van der Waals surface area contributed by atoms with Crippen LogP contribution < -0.4 is 4.74 Å². The minimum absolute atomic E-state index is 0.0125. The summed E-state index contributed by atoms with van der Waals surface area (Å²) in [5, 5.41) is 15.4. The lowest BCUT2D eigenvalue weighted by molar-refractivity contribution is -0.384. The Balaban J connectivity index is 1.77. The molecule has 128 valence electrons. The van der Waals surface area contributed by atoms with Crippen molar-refractivity contribution in [3.63, 3.8) is 0 Å². The van der Waals surface area contributed by atoms with Crippen LogP contribution in [0.1, 0.15) is 18.9 Å². The van der Waals surface area contributed by atoms with Gasteiger partial charge in [0.05, 0.1) is 9.95 Å². The highest BCUT2D eigenvalue weighted by molar-refractivity contribution is 6.35. The summed E-state index contributed by atoms with van der Waals surface area (Å²) in [4.78, 5) is 14.5. The maximum absolute atomic E-state index is 10.7. The first kappa shape index (κ1) is 17.2. The monoisotopic (exact) mass is 379 g/mol.